The van der Waals surface area contributed by atoms with Crippen molar-refractivity contribution in [3.05, 3.63) is 54.1 Å². The number of para-hydroxylation sites is 2. The lowest BCUT2D eigenvalue weighted by Gasteiger charge is -2.28. The highest BCUT2D eigenvalue weighted by Gasteiger charge is 2.26. The summed E-state index contributed by atoms with van der Waals surface area (Å²) in [5, 5.41) is 28.6. The first kappa shape index (κ1) is 19.8. The summed E-state index contributed by atoms with van der Waals surface area (Å²) in [5.74, 6) is -1.42. The summed E-state index contributed by atoms with van der Waals surface area (Å²) in [6.07, 6.45) is 0. The molecule has 2 rings (SSSR count). The minimum absolute atomic E-state index is 0.0209. The largest absolute Gasteiger partial charge is 0.508 e. The van der Waals surface area contributed by atoms with Gasteiger partial charge >= 0.3 is 0 Å². The van der Waals surface area contributed by atoms with Gasteiger partial charge in [-0.05, 0) is 29.7 Å². The summed E-state index contributed by atoms with van der Waals surface area (Å²) in [4.78, 5) is 12.9. The third-order valence-corrected chi connectivity index (χ3v) is 4.13. The molecule has 0 heterocycles. The molecule has 0 saturated heterocycles. The van der Waals surface area contributed by atoms with Gasteiger partial charge in [0.25, 0.3) is 5.91 Å². The predicted octanol–water partition coefficient (Wildman–Crippen LogP) is 3.17. The second-order valence-corrected chi connectivity index (χ2v) is 6.25. The van der Waals surface area contributed by atoms with E-state index in [9.17, 15) is 15.0 Å². The van der Waals surface area contributed by atoms with E-state index < -0.39 is 11.7 Å². The van der Waals surface area contributed by atoms with Gasteiger partial charge in [0, 0.05) is 11.6 Å². The van der Waals surface area contributed by atoms with Crippen molar-refractivity contribution in [3.8, 4) is 17.2 Å². The van der Waals surface area contributed by atoms with Crippen LogP contribution in [0.1, 0.15) is 30.9 Å². The van der Waals surface area contributed by atoms with Crippen molar-refractivity contribution < 1.29 is 19.7 Å². The molecule has 0 aliphatic heterocycles. The van der Waals surface area contributed by atoms with E-state index in [1.54, 1.807) is 30.3 Å². The van der Waals surface area contributed by atoms with Crippen LogP contribution in [-0.2, 0) is 4.79 Å². The number of nitrogens with two attached hydrogens (primary N) is 1. The number of phenolic OH excluding ortho intramolecular Hbond substituents is 2. The number of benzene rings is 2. The van der Waals surface area contributed by atoms with Crippen LogP contribution in [0.15, 0.2) is 43.0 Å². The first-order valence-electron chi connectivity index (χ1n) is 8.25. The molecule has 27 heavy (non-hydrogen) atoms. The minimum Gasteiger partial charge on any atom is -0.508 e. The standard InChI is InChI=1S/C20H23N3O4/c1-11(2)13-9-14(17(25)10-16(13)24)12(3)23(19(21)20(22)26)15-7-5-6-8-18(15)27-4/h5-11,21,24-25H,3H2,1-2,4H3,(H2,22,26). The highest BCUT2D eigenvalue weighted by Crippen LogP contribution is 2.39. The molecular formula is C20H23N3O4. The number of ether oxygens (including phenoxy) is 1. The third-order valence-electron chi connectivity index (χ3n) is 4.13. The smallest absolute Gasteiger partial charge is 0.284 e. The molecule has 7 heteroatoms. The molecule has 0 bridgehead atoms. The molecule has 0 saturated carbocycles. The molecule has 0 aliphatic carbocycles. The van der Waals surface area contributed by atoms with Crippen molar-refractivity contribution in [3.63, 3.8) is 0 Å². The fourth-order valence-corrected chi connectivity index (χ4v) is 2.73. The maximum absolute atomic E-state index is 11.7. The molecule has 0 aromatic heterocycles. The molecule has 142 valence electrons. The fraction of sp³-hybridized carbons (Fsp3) is 0.200. The summed E-state index contributed by atoms with van der Waals surface area (Å²) < 4.78 is 5.32. The van der Waals surface area contributed by atoms with Crippen molar-refractivity contribution in [1.29, 1.82) is 5.41 Å². The van der Waals surface area contributed by atoms with Gasteiger partial charge in [0.05, 0.1) is 18.5 Å². The molecule has 1 amide bonds. The Kier molecular flexibility index (Phi) is 5.75. The number of carbonyl (C=O) groups is 1. The van der Waals surface area contributed by atoms with Crippen molar-refractivity contribution in [1.82, 2.24) is 0 Å². The quantitative estimate of drug-likeness (QED) is 0.477. The summed E-state index contributed by atoms with van der Waals surface area (Å²) >= 11 is 0. The molecule has 0 atom stereocenters. The number of amidine groups is 1. The first-order valence-corrected chi connectivity index (χ1v) is 8.25. The zero-order valence-electron chi connectivity index (χ0n) is 15.5. The Hall–Kier alpha value is -3.48. The summed E-state index contributed by atoms with van der Waals surface area (Å²) in [6, 6.07) is 9.55. The number of rotatable bonds is 5. The summed E-state index contributed by atoms with van der Waals surface area (Å²) in [5.41, 5.74) is 6.69. The second kappa shape index (κ2) is 7.82. The Labute approximate surface area is 157 Å². The lowest BCUT2D eigenvalue weighted by atomic mass is 9.97. The van der Waals surface area contributed by atoms with E-state index in [1.807, 2.05) is 13.8 Å². The van der Waals surface area contributed by atoms with Crippen LogP contribution in [0.4, 0.5) is 5.69 Å². The van der Waals surface area contributed by atoms with Crippen molar-refractivity contribution >= 4 is 23.1 Å². The Bertz CT molecular complexity index is 906. The van der Waals surface area contributed by atoms with Crippen LogP contribution in [0.5, 0.6) is 17.2 Å². The van der Waals surface area contributed by atoms with Crippen molar-refractivity contribution in [2.24, 2.45) is 5.73 Å². The van der Waals surface area contributed by atoms with E-state index in [1.165, 1.54) is 18.1 Å². The van der Waals surface area contributed by atoms with E-state index in [2.05, 4.69) is 6.58 Å². The zero-order chi connectivity index (χ0) is 20.3. The molecule has 0 unspecified atom stereocenters. The normalized spacial score (nSPS) is 10.5. The van der Waals surface area contributed by atoms with Crippen LogP contribution in [0.3, 0.4) is 0 Å². The molecule has 0 spiro atoms. The van der Waals surface area contributed by atoms with Gasteiger partial charge < -0.3 is 20.7 Å². The van der Waals surface area contributed by atoms with E-state index in [0.717, 1.165) is 0 Å². The zero-order valence-corrected chi connectivity index (χ0v) is 15.5. The number of nitrogens with zero attached hydrogens (tertiary/aromatic N) is 1. The van der Waals surface area contributed by atoms with Gasteiger partial charge in [-0.15, -0.1) is 0 Å². The highest BCUT2D eigenvalue weighted by molar-refractivity contribution is 6.44. The minimum atomic E-state index is -0.968. The van der Waals surface area contributed by atoms with E-state index in [4.69, 9.17) is 15.9 Å². The van der Waals surface area contributed by atoms with Crippen LogP contribution < -0.4 is 15.4 Å². The average Bonchev–Trinajstić information content (AvgIpc) is 2.61. The molecule has 0 aliphatic rings. The lowest BCUT2D eigenvalue weighted by Crippen LogP contribution is -2.38. The number of primary amides is 1. The van der Waals surface area contributed by atoms with E-state index >= 15 is 0 Å². The lowest BCUT2D eigenvalue weighted by molar-refractivity contribution is -0.112. The number of methoxy groups -OCH3 is 1. The number of hydrogen-bond donors (Lipinski definition) is 4. The van der Waals surface area contributed by atoms with E-state index in [-0.39, 0.29) is 28.7 Å². The number of carbonyl (C=O) groups excluding carboxylic acids is 1. The van der Waals surface area contributed by atoms with Crippen LogP contribution >= 0.6 is 0 Å². The Morgan fingerprint density at radius 1 is 1.22 bits per heavy atom. The Morgan fingerprint density at radius 3 is 2.41 bits per heavy atom. The second-order valence-electron chi connectivity index (χ2n) is 6.25. The van der Waals surface area contributed by atoms with Gasteiger partial charge in [-0.1, -0.05) is 32.6 Å². The topological polar surface area (TPSA) is 120 Å². The van der Waals surface area contributed by atoms with E-state index in [0.29, 0.717) is 17.0 Å². The first-order chi connectivity index (χ1) is 12.7. The van der Waals surface area contributed by atoms with Crippen LogP contribution in [0, 0.1) is 5.41 Å². The van der Waals surface area contributed by atoms with Gasteiger partial charge in [-0.25, -0.2) is 0 Å². The third kappa shape index (κ3) is 3.87. The van der Waals surface area contributed by atoms with Crippen LogP contribution in [0.25, 0.3) is 5.70 Å². The van der Waals surface area contributed by atoms with Gasteiger partial charge in [0.1, 0.15) is 17.2 Å². The van der Waals surface area contributed by atoms with Gasteiger partial charge in [-0.2, -0.15) is 0 Å². The SMILES string of the molecule is C=C(c1cc(C(C)C)c(O)cc1O)N(C(=N)C(N)=O)c1ccccc1OC. The van der Waals surface area contributed by atoms with Crippen molar-refractivity contribution in [2.75, 3.05) is 12.0 Å². The monoisotopic (exact) mass is 369 g/mol. The molecule has 7 nitrogen and oxygen atoms in total. The Balaban J connectivity index is 2.67. The van der Waals surface area contributed by atoms with Crippen molar-refractivity contribution in [2.45, 2.75) is 19.8 Å². The Morgan fingerprint density at radius 2 is 1.85 bits per heavy atom. The fourth-order valence-electron chi connectivity index (χ4n) is 2.73. The van der Waals surface area contributed by atoms with Gasteiger partial charge in [0.2, 0.25) is 0 Å². The number of phenols is 2. The summed E-state index contributed by atoms with van der Waals surface area (Å²) in [6.45, 7) is 7.73. The molecule has 0 fully saturated rings. The molecule has 2 aromatic carbocycles. The van der Waals surface area contributed by atoms with Crippen LogP contribution in [0.2, 0.25) is 0 Å². The molecule has 5 N–H and O–H groups in total. The number of anilines is 1. The van der Waals surface area contributed by atoms with Gasteiger partial charge in [0.15, 0.2) is 5.84 Å². The van der Waals surface area contributed by atoms with Gasteiger partial charge in [-0.3, -0.25) is 15.1 Å². The average molecular weight is 369 g/mol. The predicted molar refractivity (Wildman–Crippen MR) is 105 cm³/mol. The number of aromatic hydroxyl groups is 2. The number of nitrogens with one attached hydrogen (secondary N) is 1. The highest BCUT2D eigenvalue weighted by atomic mass is 16.5. The maximum atomic E-state index is 11.7. The number of hydrogen-bond acceptors (Lipinski definition) is 5. The molecular weight excluding hydrogens is 346 g/mol. The molecule has 2 aromatic rings. The molecule has 0 radical (unpaired) electrons. The maximum Gasteiger partial charge on any atom is 0.284 e. The number of amides is 1. The van der Waals surface area contributed by atoms with Crippen LogP contribution in [-0.4, -0.2) is 29.1 Å². The summed E-state index contributed by atoms with van der Waals surface area (Å²) in [7, 11) is 1.46.